The Morgan fingerprint density at radius 2 is 1.88 bits per heavy atom. The lowest BCUT2D eigenvalue weighted by Gasteiger charge is -2.29. The SMILES string of the molecule is CCOC(=O)C1=C(C)NC(=O)NC1c1ccc(OC)c2ccccc12. The Morgan fingerprint density at radius 3 is 2.56 bits per heavy atom. The van der Waals surface area contributed by atoms with Gasteiger partial charge in [-0.1, -0.05) is 30.3 Å². The summed E-state index contributed by atoms with van der Waals surface area (Å²) >= 11 is 0. The monoisotopic (exact) mass is 340 g/mol. The first kappa shape index (κ1) is 16.8. The maximum atomic E-state index is 12.5. The van der Waals surface area contributed by atoms with Crippen LogP contribution in [0.1, 0.15) is 25.5 Å². The Kier molecular flexibility index (Phi) is 4.61. The zero-order valence-corrected chi connectivity index (χ0v) is 14.4. The standard InChI is InChI=1S/C19H20N2O4/c1-4-25-18(22)16-11(2)20-19(23)21-17(16)14-9-10-15(24-3)13-8-6-5-7-12(13)14/h5-10,17H,4H2,1-3H3,(H2,20,21,23). The molecule has 1 aliphatic heterocycles. The number of rotatable bonds is 4. The van der Waals surface area contributed by atoms with Crippen LogP contribution in [0.25, 0.3) is 10.8 Å². The van der Waals surface area contributed by atoms with Crippen molar-refractivity contribution in [1.82, 2.24) is 10.6 Å². The topological polar surface area (TPSA) is 76.7 Å². The number of nitrogens with one attached hydrogen (secondary N) is 2. The highest BCUT2D eigenvalue weighted by molar-refractivity contribution is 5.98. The number of urea groups is 1. The fourth-order valence-electron chi connectivity index (χ4n) is 3.13. The average molecular weight is 340 g/mol. The number of carbonyl (C=O) groups is 2. The molecule has 6 nitrogen and oxygen atoms in total. The lowest BCUT2D eigenvalue weighted by molar-refractivity contribution is -0.139. The summed E-state index contributed by atoms with van der Waals surface area (Å²) in [5.74, 6) is 0.287. The van der Waals surface area contributed by atoms with Gasteiger partial charge in [-0.2, -0.15) is 0 Å². The molecule has 0 aliphatic carbocycles. The number of fused-ring (bicyclic) bond motifs is 1. The molecule has 25 heavy (non-hydrogen) atoms. The highest BCUT2D eigenvalue weighted by atomic mass is 16.5. The third-order valence-electron chi connectivity index (χ3n) is 4.21. The van der Waals surface area contributed by atoms with Crippen molar-refractivity contribution >= 4 is 22.8 Å². The summed E-state index contributed by atoms with van der Waals surface area (Å²) in [6.07, 6.45) is 0. The number of methoxy groups -OCH3 is 1. The fraction of sp³-hybridized carbons (Fsp3) is 0.263. The number of carbonyl (C=O) groups excluding carboxylic acids is 2. The average Bonchev–Trinajstić information content (AvgIpc) is 2.60. The molecule has 0 aromatic heterocycles. The molecule has 0 saturated carbocycles. The molecule has 1 aliphatic rings. The zero-order valence-electron chi connectivity index (χ0n) is 14.4. The molecule has 2 amide bonds. The Balaban J connectivity index is 2.19. The lowest BCUT2D eigenvalue weighted by Crippen LogP contribution is -2.45. The molecule has 1 atom stereocenters. The predicted molar refractivity (Wildman–Crippen MR) is 94.2 cm³/mol. The number of esters is 1. The van der Waals surface area contributed by atoms with Gasteiger partial charge >= 0.3 is 12.0 Å². The van der Waals surface area contributed by atoms with Gasteiger partial charge < -0.3 is 20.1 Å². The second-order valence-corrected chi connectivity index (χ2v) is 5.69. The molecule has 2 aromatic carbocycles. The van der Waals surface area contributed by atoms with E-state index < -0.39 is 12.0 Å². The first-order chi connectivity index (χ1) is 12.1. The van der Waals surface area contributed by atoms with Crippen LogP contribution in [0, 0.1) is 0 Å². The summed E-state index contributed by atoms with van der Waals surface area (Å²) in [4.78, 5) is 24.5. The van der Waals surface area contributed by atoms with E-state index in [4.69, 9.17) is 9.47 Å². The van der Waals surface area contributed by atoms with Crippen LogP contribution in [0.5, 0.6) is 5.75 Å². The largest absolute Gasteiger partial charge is 0.496 e. The molecular weight excluding hydrogens is 320 g/mol. The van der Waals surface area contributed by atoms with Crippen LogP contribution in [0.4, 0.5) is 4.79 Å². The minimum absolute atomic E-state index is 0.264. The van der Waals surface area contributed by atoms with E-state index in [0.717, 1.165) is 22.1 Å². The van der Waals surface area contributed by atoms with Crippen molar-refractivity contribution in [3.05, 3.63) is 53.2 Å². The van der Waals surface area contributed by atoms with E-state index in [2.05, 4.69) is 10.6 Å². The van der Waals surface area contributed by atoms with Crippen molar-refractivity contribution < 1.29 is 19.1 Å². The van der Waals surface area contributed by atoms with Gasteiger partial charge in [0.25, 0.3) is 0 Å². The summed E-state index contributed by atoms with van der Waals surface area (Å²) in [6.45, 7) is 3.71. The van der Waals surface area contributed by atoms with Gasteiger partial charge in [-0.25, -0.2) is 9.59 Å². The first-order valence-corrected chi connectivity index (χ1v) is 8.07. The molecule has 0 spiro atoms. The molecule has 0 fully saturated rings. The Labute approximate surface area is 145 Å². The van der Waals surface area contributed by atoms with Crippen LogP contribution in [0.2, 0.25) is 0 Å². The number of amides is 2. The maximum absolute atomic E-state index is 12.5. The smallest absolute Gasteiger partial charge is 0.338 e. The predicted octanol–water partition coefficient (Wildman–Crippen LogP) is 3.04. The number of hydrogen-bond acceptors (Lipinski definition) is 4. The third kappa shape index (κ3) is 3.03. The quantitative estimate of drug-likeness (QED) is 0.839. The second-order valence-electron chi connectivity index (χ2n) is 5.69. The molecule has 2 aromatic rings. The van der Waals surface area contributed by atoms with Gasteiger partial charge in [0.05, 0.1) is 25.3 Å². The van der Waals surface area contributed by atoms with Crippen molar-refractivity contribution in [1.29, 1.82) is 0 Å². The van der Waals surface area contributed by atoms with E-state index in [1.54, 1.807) is 21.0 Å². The number of hydrogen-bond donors (Lipinski definition) is 2. The van der Waals surface area contributed by atoms with E-state index in [9.17, 15) is 9.59 Å². The van der Waals surface area contributed by atoms with Gasteiger partial charge in [0, 0.05) is 11.1 Å². The van der Waals surface area contributed by atoms with Crippen molar-refractivity contribution in [2.24, 2.45) is 0 Å². The van der Waals surface area contributed by atoms with E-state index in [-0.39, 0.29) is 12.6 Å². The molecule has 130 valence electrons. The minimum atomic E-state index is -0.594. The lowest BCUT2D eigenvalue weighted by atomic mass is 9.91. The summed E-state index contributed by atoms with van der Waals surface area (Å²) in [6, 6.07) is 10.5. The van der Waals surface area contributed by atoms with Crippen molar-refractivity contribution in [2.75, 3.05) is 13.7 Å². The van der Waals surface area contributed by atoms with Crippen LogP contribution in [0.15, 0.2) is 47.7 Å². The molecule has 3 rings (SSSR count). The molecule has 0 bridgehead atoms. The summed E-state index contributed by atoms with van der Waals surface area (Å²) in [7, 11) is 1.61. The summed E-state index contributed by atoms with van der Waals surface area (Å²) < 4.78 is 10.6. The van der Waals surface area contributed by atoms with E-state index >= 15 is 0 Å². The molecule has 0 saturated heterocycles. The number of ether oxygens (including phenoxy) is 2. The van der Waals surface area contributed by atoms with Gasteiger partial charge in [-0.15, -0.1) is 0 Å². The maximum Gasteiger partial charge on any atom is 0.338 e. The molecule has 1 unspecified atom stereocenters. The number of benzene rings is 2. The molecule has 0 radical (unpaired) electrons. The normalized spacial score (nSPS) is 17.1. The fourth-order valence-corrected chi connectivity index (χ4v) is 3.13. The Bertz CT molecular complexity index is 873. The van der Waals surface area contributed by atoms with Crippen LogP contribution in [0.3, 0.4) is 0 Å². The summed E-state index contributed by atoms with van der Waals surface area (Å²) in [5.41, 5.74) is 1.71. The molecule has 2 N–H and O–H groups in total. The minimum Gasteiger partial charge on any atom is -0.496 e. The van der Waals surface area contributed by atoms with E-state index in [1.807, 2.05) is 36.4 Å². The highest BCUT2D eigenvalue weighted by Crippen LogP contribution is 2.36. The van der Waals surface area contributed by atoms with Crippen molar-refractivity contribution in [3.63, 3.8) is 0 Å². The molecule has 6 heteroatoms. The Morgan fingerprint density at radius 1 is 1.16 bits per heavy atom. The Hall–Kier alpha value is -3.02. The van der Waals surface area contributed by atoms with Crippen LogP contribution >= 0.6 is 0 Å². The van der Waals surface area contributed by atoms with Gasteiger partial charge in [0.1, 0.15) is 5.75 Å². The van der Waals surface area contributed by atoms with Crippen LogP contribution in [-0.4, -0.2) is 25.7 Å². The van der Waals surface area contributed by atoms with Gasteiger partial charge in [-0.3, -0.25) is 0 Å². The van der Waals surface area contributed by atoms with E-state index in [1.165, 1.54) is 0 Å². The molecule has 1 heterocycles. The van der Waals surface area contributed by atoms with E-state index in [0.29, 0.717) is 11.3 Å². The third-order valence-corrected chi connectivity index (χ3v) is 4.21. The van der Waals surface area contributed by atoms with Crippen molar-refractivity contribution in [2.45, 2.75) is 19.9 Å². The van der Waals surface area contributed by atoms with Crippen LogP contribution < -0.4 is 15.4 Å². The highest BCUT2D eigenvalue weighted by Gasteiger charge is 2.33. The second kappa shape index (κ2) is 6.84. The first-order valence-electron chi connectivity index (χ1n) is 8.07. The van der Waals surface area contributed by atoms with Gasteiger partial charge in [-0.05, 0) is 30.9 Å². The van der Waals surface area contributed by atoms with Gasteiger partial charge in [0.15, 0.2) is 0 Å². The molecular formula is C19H20N2O4. The van der Waals surface area contributed by atoms with Gasteiger partial charge in [0.2, 0.25) is 0 Å². The summed E-state index contributed by atoms with van der Waals surface area (Å²) in [5, 5.41) is 7.29. The van der Waals surface area contributed by atoms with Crippen molar-refractivity contribution in [3.8, 4) is 5.75 Å². The number of allylic oxidation sites excluding steroid dienone is 1. The van der Waals surface area contributed by atoms with Crippen LogP contribution in [-0.2, 0) is 9.53 Å². The zero-order chi connectivity index (χ0) is 18.0.